The number of nitrogens with two attached hydrogens (primary N) is 3. The number of hydrogen-bond acceptors (Lipinski definition) is 15. The zero-order valence-corrected chi connectivity index (χ0v) is 17.3. The van der Waals surface area contributed by atoms with Gasteiger partial charge in [0.2, 0.25) is 0 Å². The number of aliphatic hydroxyl groups is 2. The Hall–Kier alpha value is -2.06. The summed E-state index contributed by atoms with van der Waals surface area (Å²) in [5.41, 5.74) is 12.4. The largest absolute Gasteiger partial charge is 0.759 e. The summed E-state index contributed by atoms with van der Waals surface area (Å²) in [5.74, 6) is 5.65. The van der Waals surface area contributed by atoms with Crippen molar-refractivity contribution in [2.24, 2.45) is 11.6 Å². The van der Waals surface area contributed by atoms with Crippen molar-refractivity contribution in [2.75, 3.05) is 32.5 Å². The van der Waals surface area contributed by atoms with Crippen molar-refractivity contribution < 1.29 is 37.3 Å². The summed E-state index contributed by atoms with van der Waals surface area (Å²) in [7, 11) is -3.33. The Balaban J connectivity index is 0.000000614. The van der Waals surface area contributed by atoms with Gasteiger partial charge in [-0.05, 0) is 7.05 Å². The molecule has 3 rings (SSSR count). The number of hydrogen-bond donors (Lipinski definition) is 5. The Morgan fingerprint density at radius 2 is 1.97 bits per heavy atom. The number of aliphatic hydroxyl groups excluding tert-OH is 2. The maximum Gasteiger partial charge on any atom is 0.167 e. The third-order valence-electron chi connectivity index (χ3n) is 4.44. The van der Waals surface area contributed by atoms with Gasteiger partial charge in [-0.15, -0.1) is 0 Å². The van der Waals surface area contributed by atoms with Crippen molar-refractivity contribution in [1.29, 1.82) is 0 Å². The molecule has 2 aromatic heterocycles. The summed E-state index contributed by atoms with van der Waals surface area (Å²) in [6.45, 7) is 1.34. The van der Waals surface area contributed by atoms with Crippen molar-refractivity contribution in [2.45, 2.75) is 31.1 Å². The molecule has 1 aliphatic heterocycles. The first-order valence-electron chi connectivity index (χ1n) is 8.83. The van der Waals surface area contributed by atoms with Crippen LogP contribution in [-0.4, -0.2) is 97.2 Å². The van der Waals surface area contributed by atoms with Gasteiger partial charge >= 0.3 is 0 Å². The van der Waals surface area contributed by atoms with E-state index in [-0.39, 0.29) is 12.4 Å². The van der Waals surface area contributed by atoms with Gasteiger partial charge in [-0.3, -0.25) is 13.0 Å². The van der Waals surface area contributed by atoms with E-state index in [4.69, 9.17) is 39.6 Å². The maximum absolute atomic E-state index is 10.5. The second kappa shape index (κ2) is 10.5. The van der Waals surface area contributed by atoms with Crippen LogP contribution in [0.5, 0.6) is 0 Å². The van der Waals surface area contributed by atoms with Crippen molar-refractivity contribution in [3.05, 3.63) is 12.2 Å². The van der Waals surface area contributed by atoms with E-state index in [1.54, 1.807) is 4.57 Å². The Labute approximate surface area is 177 Å². The lowest BCUT2D eigenvalue weighted by atomic mass is 10.1. The first-order valence-corrected chi connectivity index (χ1v) is 10.2. The van der Waals surface area contributed by atoms with E-state index in [0.717, 1.165) is 0 Å². The lowest BCUT2D eigenvalue weighted by molar-refractivity contribution is -0.0449. The molecule has 0 aliphatic carbocycles. The van der Waals surface area contributed by atoms with Crippen LogP contribution in [0.4, 0.5) is 5.82 Å². The molecule has 0 saturated carbocycles. The summed E-state index contributed by atoms with van der Waals surface area (Å²) < 4.78 is 41.6. The van der Waals surface area contributed by atoms with Gasteiger partial charge in [-0.1, -0.05) is 0 Å². The predicted octanol–water partition coefficient (Wildman–Crippen LogP) is -4.03. The molecular formula is C14H24N8O8S-2. The molecule has 1 saturated heterocycles. The summed E-state index contributed by atoms with van der Waals surface area (Å²) in [4.78, 5) is 18.9. The highest BCUT2D eigenvalue weighted by molar-refractivity contribution is 7.79. The molecule has 0 radical (unpaired) electrons. The minimum Gasteiger partial charge on any atom is -0.759 e. The SMILES string of the molecule is CN(CCON)C[C@H]1O[C@@H](n2c(CN)nc3c(N)ncnc32)[C@H](O)[C@@H]1O.O=S(=O)([O-])[O-]. The van der Waals surface area contributed by atoms with Crippen LogP contribution < -0.4 is 17.4 Å². The summed E-state index contributed by atoms with van der Waals surface area (Å²) >= 11 is 0. The van der Waals surface area contributed by atoms with Crippen molar-refractivity contribution in [3.63, 3.8) is 0 Å². The first-order chi connectivity index (χ1) is 14.5. The molecule has 0 bridgehead atoms. The molecule has 31 heavy (non-hydrogen) atoms. The van der Waals surface area contributed by atoms with Crippen molar-refractivity contribution in [1.82, 2.24) is 24.4 Å². The van der Waals surface area contributed by atoms with Gasteiger partial charge in [0.05, 0.1) is 13.2 Å². The molecule has 0 unspecified atom stereocenters. The zero-order valence-electron chi connectivity index (χ0n) is 16.4. The van der Waals surface area contributed by atoms with Gasteiger partial charge < -0.3 is 45.3 Å². The number of fused-ring (bicyclic) bond motifs is 1. The summed E-state index contributed by atoms with van der Waals surface area (Å²) in [6.07, 6.45) is -2.50. The molecule has 0 amide bonds. The van der Waals surface area contributed by atoms with Gasteiger partial charge in [-0.25, -0.2) is 20.8 Å². The van der Waals surface area contributed by atoms with Crippen LogP contribution in [0.2, 0.25) is 0 Å². The van der Waals surface area contributed by atoms with E-state index in [9.17, 15) is 10.2 Å². The van der Waals surface area contributed by atoms with Crippen molar-refractivity contribution in [3.8, 4) is 0 Å². The molecule has 16 nitrogen and oxygen atoms in total. The molecule has 0 aromatic carbocycles. The molecule has 17 heteroatoms. The molecule has 1 aliphatic rings. The number of nitrogens with zero attached hydrogens (tertiary/aromatic N) is 5. The quantitative estimate of drug-likeness (QED) is 0.148. The zero-order chi connectivity index (χ0) is 23.3. The normalized spacial score (nSPS) is 23.9. The number of rotatable bonds is 7. The van der Waals surface area contributed by atoms with Crippen LogP contribution in [0.1, 0.15) is 12.1 Å². The van der Waals surface area contributed by atoms with Crippen molar-refractivity contribution >= 4 is 27.4 Å². The third-order valence-corrected chi connectivity index (χ3v) is 4.44. The van der Waals surface area contributed by atoms with Crippen LogP contribution in [-0.2, 0) is 26.5 Å². The lowest BCUT2D eigenvalue weighted by Crippen LogP contribution is -2.39. The Morgan fingerprint density at radius 3 is 2.55 bits per heavy atom. The minimum atomic E-state index is -5.17. The fraction of sp³-hybridized carbons (Fsp3) is 0.643. The maximum atomic E-state index is 10.5. The number of likely N-dealkylation sites (N-methyl/N-ethyl adjacent to an activating group) is 1. The smallest absolute Gasteiger partial charge is 0.167 e. The van der Waals surface area contributed by atoms with E-state index in [2.05, 4.69) is 19.8 Å². The van der Waals surface area contributed by atoms with Gasteiger partial charge in [0.15, 0.2) is 23.2 Å². The van der Waals surface area contributed by atoms with Crippen LogP contribution in [0.15, 0.2) is 6.33 Å². The molecule has 2 aromatic rings. The Morgan fingerprint density at radius 1 is 1.32 bits per heavy atom. The van der Waals surface area contributed by atoms with Gasteiger partial charge in [0.1, 0.15) is 30.5 Å². The molecule has 3 heterocycles. The van der Waals surface area contributed by atoms with E-state index >= 15 is 0 Å². The minimum absolute atomic E-state index is 0.0802. The second-order valence-electron chi connectivity index (χ2n) is 6.62. The summed E-state index contributed by atoms with van der Waals surface area (Å²) in [6, 6.07) is 0. The van der Waals surface area contributed by atoms with E-state index in [0.29, 0.717) is 36.7 Å². The van der Waals surface area contributed by atoms with Crippen LogP contribution in [0.3, 0.4) is 0 Å². The van der Waals surface area contributed by atoms with Gasteiger partial charge in [-0.2, -0.15) is 0 Å². The van der Waals surface area contributed by atoms with E-state index in [1.807, 2.05) is 11.9 Å². The molecular weight excluding hydrogens is 440 g/mol. The third kappa shape index (κ3) is 6.46. The fourth-order valence-corrected chi connectivity index (χ4v) is 3.08. The molecule has 4 atom stereocenters. The highest BCUT2D eigenvalue weighted by Gasteiger charge is 2.45. The lowest BCUT2D eigenvalue weighted by Gasteiger charge is -2.22. The van der Waals surface area contributed by atoms with E-state index < -0.39 is 34.9 Å². The average Bonchev–Trinajstić information content (AvgIpc) is 3.18. The van der Waals surface area contributed by atoms with Crippen LogP contribution >= 0.6 is 0 Å². The Kier molecular flexibility index (Phi) is 8.54. The molecule has 1 fully saturated rings. The molecule has 176 valence electrons. The van der Waals surface area contributed by atoms with Gasteiger partial charge in [0, 0.05) is 23.5 Å². The highest BCUT2D eigenvalue weighted by atomic mass is 32.3. The number of ether oxygens (including phenoxy) is 1. The van der Waals surface area contributed by atoms with Crippen LogP contribution in [0.25, 0.3) is 11.2 Å². The first kappa shape index (κ1) is 25.2. The fourth-order valence-electron chi connectivity index (χ4n) is 3.08. The number of nitrogen functional groups attached to an aromatic ring is 1. The highest BCUT2D eigenvalue weighted by Crippen LogP contribution is 2.33. The monoisotopic (exact) mass is 464 g/mol. The summed E-state index contributed by atoms with van der Waals surface area (Å²) in [5, 5.41) is 20.9. The second-order valence-corrected chi connectivity index (χ2v) is 7.44. The van der Waals surface area contributed by atoms with Crippen LogP contribution in [0, 0.1) is 0 Å². The standard InChI is InChI=1S/C14H24N8O4.H2O4S/c1-21(2-3-25-17)5-7-10(23)11(24)14(26-7)22-8(4-15)20-9-12(16)18-6-19-13(9)22;1-5(2,3)4/h6-7,10-11,14,23-24H,2-5,15,17H2,1H3,(H2,16,18,19);(H2,1,2,3,4)/p-2/t7-,10-,11-,14-;/m1./s1. The average molecular weight is 464 g/mol. The predicted molar refractivity (Wildman–Crippen MR) is 102 cm³/mol. The molecule has 0 spiro atoms. The van der Waals surface area contributed by atoms with E-state index in [1.165, 1.54) is 6.33 Å². The topological polar surface area (TPSA) is 264 Å². The number of anilines is 1. The molecule has 8 N–H and O–H groups in total. The Bertz CT molecular complexity index is 965. The number of aromatic nitrogens is 4. The number of imidazole rings is 1. The van der Waals surface area contributed by atoms with Gasteiger partial charge in [0.25, 0.3) is 0 Å².